The van der Waals surface area contributed by atoms with Crippen molar-refractivity contribution >= 4 is 62.7 Å². The lowest BCUT2D eigenvalue weighted by Crippen LogP contribution is -2.33. The fraction of sp³-hybridized carbons (Fsp3) is 0.0800. The van der Waals surface area contributed by atoms with Crippen molar-refractivity contribution in [3.05, 3.63) is 93.3 Å². The Morgan fingerprint density at radius 3 is 2.35 bits per heavy atom. The van der Waals surface area contributed by atoms with Gasteiger partial charge in [-0.3, -0.25) is 4.79 Å². The van der Waals surface area contributed by atoms with Gasteiger partial charge in [0.2, 0.25) is 0 Å². The topological polar surface area (TPSA) is 77.0 Å². The van der Waals surface area contributed by atoms with Crippen molar-refractivity contribution in [3.8, 4) is 11.5 Å². The highest BCUT2D eigenvalue weighted by Gasteiger charge is 2.19. The van der Waals surface area contributed by atoms with Crippen LogP contribution in [-0.2, 0) is 4.79 Å². The quantitative estimate of drug-likeness (QED) is 0.135. The van der Waals surface area contributed by atoms with Gasteiger partial charge < -0.3 is 9.47 Å². The molecule has 3 aromatic carbocycles. The number of nitrogens with one attached hydrogen (secondary N) is 1. The van der Waals surface area contributed by atoms with Gasteiger partial charge in [0.1, 0.15) is 16.4 Å². The SMILES string of the molecule is C[C@@H](Oc1ccc(Cl)cc1)C(=O)N/N=C\c1ccc(OC(=O)c2sc3ccccc3c2Cl)cc1. The van der Waals surface area contributed by atoms with E-state index in [0.717, 1.165) is 10.1 Å². The van der Waals surface area contributed by atoms with Crippen molar-refractivity contribution < 1.29 is 19.1 Å². The molecule has 4 rings (SSSR count). The van der Waals surface area contributed by atoms with Gasteiger partial charge in [0.15, 0.2) is 6.10 Å². The zero-order valence-electron chi connectivity index (χ0n) is 17.8. The van der Waals surface area contributed by atoms with Crippen molar-refractivity contribution in [2.45, 2.75) is 13.0 Å². The summed E-state index contributed by atoms with van der Waals surface area (Å²) >= 11 is 13.5. The van der Waals surface area contributed by atoms with Crippen LogP contribution in [0.25, 0.3) is 10.1 Å². The van der Waals surface area contributed by atoms with Gasteiger partial charge in [-0.15, -0.1) is 11.3 Å². The van der Waals surface area contributed by atoms with E-state index in [-0.39, 0.29) is 0 Å². The lowest BCUT2D eigenvalue weighted by Gasteiger charge is -2.12. The van der Waals surface area contributed by atoms with E-state index in [1.807, 2.05) is 24.3 Å². The van der Waals surface area contributed by atoms with Gasteiger partial charge in [0, 0.05) is 15.1 Å². The fourth-order valence-corrected chi connectivity index (χ4v) is 4.46. The third kappa shape index (κ3) is 5.75. The van der Waals surface area contributed by atoms with E-state index >= 15 is 0 Å². The van der Waals surface area contributed by atoms with Crippen LogP contribution in [0.3, 0.4) is 0 Å². The zero-order valence-corrected chi connectivity index (χ0v) is 20.2. The summed E-state index contributed by atoms with van der Waals surface area (Å²) in [5.41, 5.74) is 3.13. The number of esters is 1. The lowest BCUT2D eigenvalue weighted by atomic mass is 10.2. The van der Waals surface area contributed by atoms with Crippen molar-refractivity contribution in [3.63, 3.8) is 0 Å². The normalized spacial score (nSPS) is 12.0. The third-order valence-electron chi connectivity index (χ3n) is 4.70. The smallest absolute Gasteiger partial charge is 0.355 e. The Bertz CT molecular complexity index is 1350. The zero-order chi connectivity index (χ0) is 24.1. The predicted molar refractivity (Wildman–Crippen MR) is 136 cm³/mol. The average molecular weight is 513 g/mol. The largest absolute Gasteiger partial charge is 0.481 e. The van der Waals surface area contributed by atoms with E-state index < -0.39 is 18.0 Å². The van der Waals surface area contributed by atoms with Crippen LogP contribution in [0, 0.1) is 0 Å². The summed E-state index contributed by atoms with van der Waals surface area (Å²) in [6, 6.07) is 20.9. The molecule has 4 aromatic rings. The number of nitrogens with zero attached hydrogens (tertiary/aromatic N) is 1. The summed E-state index contributed by atoms with van der Waals surface area (Å²) in [6.45, 7) is 1.62. The van der Waals surface area contributed by atoms with Gasteiger partial charge in [-0.05, 0) is 67.1 Å². The molecule has 34 heavy (non-hydrogen) atoms. The summed E-state index contributed by atoms with van der Waals surface area (Å²) in [6.07, 6.45) is 0.724. The molecule has 0 bridgehead atoms. The molecule has 0 radical (unpaired) electrons. The van der Waals surface area contributed by atoms with Gasteiger partial charge >= 0.3 is 5.97 Å². The maximum Gasteiger partial charge on any atom is 0.355 e. The summed E-state index contributed by atoms with van der Waals surface area (Å²) in [5, 5.41) is 5.74. The number of rotatable bonds is 7. The molecule has 172 valence electrons. The van der Waals surface area contributed by atoms with E-state index in [2.05, 4.69) is 10.5 Å². The van der Waals surface area contributed by atoms with E-state index in [4.69, 9.17) is 32.7 Å². The Hall–Kier alpha value is -3.39. The molecule has 1 aromatic heterocycles. The minimum Gasteiger partial charge on any atom is -0.481 e. The van der Waals surface area contributed by atoms with Crippen LogP contribution in [0.2, 0.25) is 10.0 Å². The van der Waals surface area contributed by atoms with Crippen molar-refractivity contribution in [1.29, 1.82) is 0 Å². The molecule has 0 fully saturated rings. The summed E-state index contributed by atoms with van der Waals surface area (Å²) in [7, 11) is 0. The van der Waals surface area contributed by atoms with E-state index in [0.29, 0.717) is 32.0 Å². The second kappa shape index (κ2) is 10.7. The predicted octanol–water partition coefficient (Wildman–Crippen LogP) is 6.34. The first-order valence-corrected chi connectivity index (χ1v) is 11.7. The Morgan fingerprint density at radius 2 is 1.65 bits per heavy atom. The van der Waals surface area contributed by atoms with E-state index in [1.54, 1.807) is 55.5 Å². The monoisotopic (exact) mass is 512 g/mol. The average Bonchev–Trinajstić information content (AvgIpc) is 3.18. The Balaban J connectivity index is 1.31. The number of ether oxygens (including phenoxy) is 2. The Labute approximate surface area is 209 Å². The van der Waals surface area contributed by atoms with Gasteiger partial charge in [-0.25, -0.2) is 10.2 Å². The maximum absolute atomic E-state index is 12.6. The van der Waals surface area contributed by atoms with Crippen LogP contribution in [0.4, 0.5) is 0 Å². The molecule has 9 heteroatoms. The van der Waals surface area contributed by atoms with E-state index in [9.17, 15) is 9.59 Å². The second-order valence-electron chi connectivity index (χ2n) is 7.15. The molecule has 0 saturated heterocycles. The third-order valence-corrected chi connectivity index (χ3v) is 6.60. The van der Waals surface area contributed by atoms with Gasteiger partial charge in [0.05, 0.1) is 11.2 Å². The molecule has 0 aliphatic rings. The van der Waals surface area contributed by atoms with Crippen LogP contribution >= 0.6 is 34.5 Å². The maximum atomic E-state index is 12.6. The number of hydrogen-bond acceptors (Lipinski definition) is 6. The first-order valence-electron chi connectivity index (χ1n) is 10.1. The summed E-state index contributed by atoms with van der Waals surface area (Å²) in [4.78, 5) is 25.1. The number of hydrogen-bond donors (Lipinski definition) is 1. The number of carbonyl (C=O) groups is 2. The molecule has 6 nitrogen and oxygen atoms in total. The van der Waals surface area contributed by atoms with Gasteiger partial charge in [-0.2, -0.15) is 5.10 Å². The number of benzene rings is 3. The molecular formula is C25H18Cl2N2O4S. The minimum absolute atomic E-state index is 0.353. The molecule has 0 spiro atoms. The molecule has 1 atom stereocenters. The van der Waals surface area contributed by atoms with E-state index in [1.165, 1.54) is 17.6 Å². The molecule has 1 heterocycles. The number of carbonyl (C=O) groups excluding carboxylic acids is 2. The molecular weight excluding hydrogens is 495 g/mol. The van der Waals surface area contributed by atoms with Crippen molar-refractivity contribution in [1.82, 2.24) is 5.43 Å². The van der Waals surface area contributed by atoms with Gasteiger partial charge in [-0.1, -0.05) is 41.4 Å². The molecule has 0 aliphatic carbocycles. The highest BCUT2D eigenvalue weighted by molar-refractivity contribution is 7.21. The standard InChI is InChI=1S/C25H18Cl2N2O4S/c1-15(32-18-12-8-17(26)9-13-18)24(30)29-28-14-16-6-10-19(11-7-16)33-25(31)23-22(27)20-4-2-3-5-21(20)34-23/h2-15H,1H3,(H,29,30)/b28-14-/t15-/m1/s1. The number of amides is 1. The fourth-order valence-electron chi connectivity index (χ4n) is 2.95. The lowest BCUT2D eigenvalue weighted by molar-refractivity contribution is -0.127. The van der Waals surface area contributed by atoms with Crippen molar-refractivity contribution in [2.75, 3.05) is 0 Å². The molecule has 1 N–H and O–H groups in total. The van der Waals surface area contributed by atoms with Crippen LogP contribution in [0.1, 0.15) is 22.2 Å². The number of halogens is 2. The first kappa shape index (κ1) is 23.8. The molecule has 0 unspecified atom stereocenters. The van der Waals surface area contributed by atoms with Crippen molar-refractivity contribution in [2.24, 2.45) is 5.10 Å². The second-order valence-corrected chi connectivity index (χ2v) is 9.01. The molecule has 0 aliphatic heterocycles. The van der Waals surface area contributed by atoms with Crippen LogP contribution in [0.15, 0.2) is 77.9 Å². The van der Waals surface area contributed by atoms with Gasteiger partial charge in [0.25, 0.3) is 5.91 Å². The summed E-state index contributed by atoms with van der Waals surface area (Å²) in [5.74, 6) is -0.0330. The highest BCUT2D eigenvalue weighted by atomic mass is 35.5. The molecule has 0 saturated carbocycles. The number of fused-ring (bicyclic) bond motifs is 1. The highest BCUT2D eigenvalue weighted by Crippen LogP contribution is 2.35. The summed E-state index contributed by atoms with van der Waals surface area (Å²) < 4.78 is 11.9. The van der Waals surface area contributed by atoms with Crippen LogP contribution < -0.4 is 14.9 Å². The minimum atomic E-state index is -0.749. The molecule has 1 amide bonds. The Morgan fingerprint density at radius 1 is 0.971 bits per heavy atom. The Kier molecular flexibility index (Phi) is 7.47. The van der Waals surface area contributed by atoms with Crippen LogP contribution in [-0.4, -0.2) is 24.2 Å². The number of thiophene rings is 1. The van der Waals surface area contributed by atoms with Crippen LogP contribution in [0.5, 0.6) is 11.5 Å². The first-order chi connectivity index (χ1) is 16.4. The number of hydrazone groups is 1.